The fraction of sp³-hybridized carbons (Fsp3) is 0.818. The van der Waals surface area contributed by atoms with Crippen molar-refractivity contribution in [3.8, 4) is 0 Å². The van der Waals surface area contributed by atoms with E-state index in [-0.39, 0.29) is 0 Å². The Kier molecular flexibility index (Phi) is 6.34. The summed E-state index contributed by atoms with van der Waals surface area (Å²) in [6.07, 6.45) is 3.58. The molecule has 0 bridgehead atoms. The minimum Gasteiger partial charge on any atom is -0.304 e. The Balaban J connectivity index is 3.60. The molecule has 0 aromatic rings. The van der Waals surface area contributed by atoms with Gasteiger partial charge in [-0.1, -0.05) is 45.3 Å². The zero-order valence-electron chi connectivity index (χ0n) is 9.93. The number of nitrogens with zero attached hydrogens (tertiary/aromatic N) is 1. The van der Waals surface area contributed by atoms with Crippen LogP contribution in [0, 0.1) is 0 Å². The summed E-state index contributed by atoms with van der Waals surface area (Å²) >= 11 is 0. The van der Waals surface area contributed by atoms with Crippen molar-refractivity contribution < 1.29 is 0 Å². The Hall–Kier alpha value is -0.0831. The molecule has 0 radical (unpaired) electrons. The van der Waals surface area contributed by atoms with Crippen molar-refractivity contribution in [1.82, 2.24) is 4.90 Å². The first-order valence-corrected chi connectivity index (χ1v) is 8.97. The monoisotopic (exact) mass is 199 g/mol. The highest BCUT2D eigenvalue weighted by Gasteiger charge is 2.06. The summed E-state index contributed by atoms with van der Waals surface area (Å²) in [7, 11) is -0.949. The summed E-state index contributed by atoms with van der Waals surface area (Å²) in [4.78, 5) is 2.47. The van der Waals surface area contributed by atoms with E-state index in [4.69, 9.17) is 0 Å². The van der Waals surface area contributed by atoms with Gasteiger partial charge in [-0.15, -0.1) is 0 Å². The van der Waals surface area contributed by atoms with Gasteiger partial charge in [0.2, 0.25) is 0 Å². The normalized spacial score (nSPS) is 13.1. The summed E-state index contributed by atoms with van der Waals surface area (Å²) in [6, 6.07) is 0. The molecule has 0 saturated heterocycles. The van der Waals surface area contributed by atoms with Crippen LogP contribution < -0.4 is 0 Å². The molecule has 0 aliphatic rings. The van der Waals surface area contributed by atoms with Gasteiger partial charge in [0.25, 0.3) is 0 Å². The quantitative estimate of drug-likeness (QED) is 0.594. The molecular weight excluding hydrogens is 174 g/mol. The predicted octanol–water partition coefficient (Wildman–Crippen LogP) is 3.15. The molecule has 0 N–H and O–H groups in total. The standard InChI is InChI=1S/C11H25NSi/c1-6-12(7-2)10-8-9-11-13(3,4)5/h9,11H,6-8,10H2,1-5H3/b11-9+. The zero-order chi connectivity index (χ0) is 10.3. The van der Waals surface area contributed by atoms with Crippen molar-refractivity contribution >= 4 is 8.07 Å². The Morgan fingerprint density at radius 2 is 1.62 bits per heavy atom. The zero-order valence-corrected chi connectivity index (χ0v) is 10.9. The van der Waals surface area contributed by atoms with Crippen molar-refractivity contribution in [2.45, 2.75) is 39.9 Å². The average Bonchev–Trinajstić information content (AvgIpc) is 2.03. The van der Waals surface area contributed by atoms with Crippen LogP contribution in [0.2, 0.25) is 19.6 Å². The van der Waals surface area contributed by atoms with Gasteiger partial charge in [0, 0.05) is 6.54 Å². The first-order chi connectivity index (χ1) is 5.99. The lowest BCUT2D eigenvalue weighted by molar-refractivity contribution is 0.310. The molecule has 0 heterocycles. The summed E-state index contributed by atoms with van der Waals surface area (Å²) in [5.41, 5.74) is 2.44. The highest BCUT2D eigenvalue weighted by molar-refractivity contribution is 6.80. The van der Waals surface area contributed by atoms with Gasteiger partial charge in [0.1, 0.15) is 0 Å². The van der Waals surface area contributed by atoms with E-state index in [0.29, 0.717) is 0 Å². The lowest BCUT2D eigenvalue weighted by atomic mass is 10.4. The molecule has 0 spiro atoms. The Labute approximate surface area is 84.8 Å². The van der Waals surface area contributed by atoms with Gasteiger partial charge >= 0.3 is 0 Å². The fourth-order valence-corrected chi connectivity index (χ4v) is 2.11. The second-order valence-corrected chi connectivity index (χ2v) is 9.65. The largest absolute Gasteiger partial charge is 0.304 e. The van der Waals surface area contributed by atoms with Crippen LogP contribution in [0.3, 0.4) is 0 Å². The van der Waals surface area contributed by atoms with Crippen molar-refractivity contribution in [1.29, 1.82) is 0 Å². The van der Waals surface area contributed by atoms with E-state index >= 15 is 0 Å². The lowest BCUT2D eigenvalue weighted by Gasteiger charge is -2.16. The molecule has 0 atom stereocenters. The van der Waals surface area contributed by atoms with Crippen LogP contribution in [0.5, 0.6) is 0 Å². The molecule has 2 heteroatoms. The molecule has 0 aromatic heterocycles. The van der Waals surface area contributed by atoms with Crippen LogP contribution in [-0.4, -0.2) is 32.6 Å². The molecular formula is C11H25NSi. The minimum absolute atomic E-state index is 0.949. The number of hydrogen-bond donors (Lipinski definition) is 0. The van der Waals surface area contributed by atoms with Crippen LogP contribution in [0.25, 0.3) is 0 Å². The van der Waals surface area contributed by atoms with E-state index in [9.17, 15) is 0 Å². The van der Waals surface area contributed by atoms with E-state index in [1.807, 2.05) is 0 Å². The van der Waals surface area contributed by atoms with Crippen molar-refractivity contribution in [3.05, 3.63) is 11.8 Å². The van der Waals surface area contributed by atoms with Crippen molar-refractivity contribution in [2.24, 2.45) is 0 Å². The third kappa shape index (κ3) is 8.25. The molecule has 0 saturated carbocycles. The van der Waals surface area contributed by atoms with Crippen LogP contribution >= 0.6 is 0 Å². The predicted molar refractivity (Wildman–Crippen MR) is 64.9 cm³/mol. The minimum atomic E-state index is -0.949. The first kappa shape index (κ1) is 12.9. The number of hydrogen-bond acceptors (Lipinski definition) is 1. The SMILES string of the molecule is CCN(CC)CC/C=C/[Si](C)(C)C. The summed E-state index contributed by atoms with van der Waals surface area (Å²) in [6.45, 7) is 15.2. The van der Waals surface area contributed by atoms with E-state index in [2.05, 4.69) is 50.2 Å². The molecule has 0 aliphatic carbocycles. The summed E-state index contributed by atoms with van der Waals surface area (Å²) in [5, 5.41) is 0. The molecule has 0 aromatic carbocycles. The highest BCUT2D eigenvalue weighted by Crippen LogP contribution is 2.03. The van der Waals surface area contributed by atoms with E-state index in [0.717, 1.165) is 0 Å². The van der Waals surface area contributed by atoms with E-state index in [1.165, 1.54) is 26.1 Å². The maximum absolute atomic E-state index is 2.47. The maximum atomic E-state index is 2.47. The Morgan fingerprint density at radius 1 is 1.08 bits per heavy atom. The van der Waals surface area contributed by atoms with Crippen molar-refractivity contribution in [2.75, 3.05) is 19.6 Å². The molecule has 1 nitrogen and oxygen atoms in total. The van der Waals surface area contributed by atoms with Gasteiger partial charge in [-0.25, -0.2) is 0 Å². The average molecular weight is 199 g/mol. The first-order valence-electron chi connectivity index (χ1n) is 5.39. The van der Waals surface area contributed by atoms with E-state index < -0.39 is 8.07 Å². The fourth-order valence-electron chi connectivity index (χ4n) is 1.23. The molecule has 0 rings (SSSR count). The van der Waals surface area contributed by atoms with Gasteiger partial charge in [-0.3, -0.25) is 0 Å². The molecule has 13 heavy (non-hydrogen) atoms. The van der Waals surface area contributed by atoms with Gasteiger partial charge in [-0.2, -0.15) is 0 Å². The highest BCUT2D eigenvalue weighted by atomic mass is 28.3. The molecule has 78 valence electrons. The molecule has 0 aliphatic heterocycles. The molecule has 0 unspecified atom stereocenters. The third-order valence-corrected chi connectivity index (χ3v) is 3.36. The summed E-state index contributed by atoms with van der Waals surface area (Å²) in [5.74, 6) is 0. The lowest BCUT2D eigenvalue weighted by Crippen LogP contribution is -2.23. The smallest absolute Gasteiger partial charge is 0.0682 e. The van der Waals surface area contributed by atoms with E-state index in [1.54, 1.807) is 0 Å². The van der Waals surface area contributed by atoms with Gasteiger partial charge in [0.15, 0.2) is 0 Å². The van der Waals surface area contributed by atoms with Gasteiger partial charge in [0.05, 0.1) is 8.07 Å². The third-order valence-electron chi connectivity index (χ3n) is 2.12. The maximum Gasteiger partial charge on any atom is 0.0682 e. The van der Waals surface area contributed by atoms with Crippen LogP contribution in [0.4, 0.5) is 0 Å². The molecule has 0 amide bonds. The second-order valence-electron chi connectivity index (χ2n) is 4.58. The Morgan fingerprint density at radius 3 is 2.00 bits per heavy atom. The number of rotatable bonds is 6. The van der Waals surface area contributed by atoms with Gasteiger partial charge < -0.3 is 4.90 Å². The molecule has 0 fully saturated rings. The summed E-state index contributed by atoms with van der Waals surface area (Å²) < 4.78 is 0. The Bertz CT molecular complexity index is 143. The van der Waals surface area contributed by atoms with Crippen LogP contribution in [0.15, 0.2) is 11.8 Å². The second kappa shape index (κ2) is 6.38. The van der Waals surface area contributed by atoms with Crippen LogP contribution in [0.1, 0.15) is 20.3 Å². The topological polar surface area (TPSA) is 3.24 Å². The van der Waals surface area contributed by atoms with Gasteiger partial charge in [-0.05, 0) is 19.5 Å². The van der Waals surface area contributed by atoms with Crippen molar-refractivity contribution in [3.63, 3.8) is 0 Å². The van der Waals surface area contributed by atoms with Crippen LogP contribution in [-0.2, 0) is 0 Å².